The third-order valence-electron chi connectivity index (χ3n) is 4.14. The first kappa shape index (κ1) is 16.4. The van der Waals surface area contributed by atoms with Crippen molar-refractivity contribution in [3.63, 3.8) is 0 Å². The minimum atomic E-state index is -0.396. The molecule has 1 fully saturated rings. The summed E-state index contributed by atoms with van der Waals surface area (Å²) in [4.78, 5) is 26.8. The number of fused-ring (bicyclic) bond motifs is 1. The number of carbonyl (C=O) groups excluding carboxylic acids is 2. The number of nitrogens with zero attached hydrogens (tertiary/aromatic N) is 3. The molecule has 1 aliphatic rings. The van der Waals surface area contributed by atoms with Crippen LogP contribution in [0.25, 0.3) is 11.0 Å². The molecule has 1 aliphatic heterocycles. The lowest BCUT2D eigenvalue weighted by atomic mass is 9.91. The molecule has 0 aliphatic carbocycles. The van der Waals surface area contributed by atoms with Crippen LogP contribution in [-0.2, 0) is 9.59 Å². The predicted octanol–water partition coefficient (Wildman–Crippen LogP) is 2.32. The van der Waals surface area contributed by atoms with Gasteiger partial charge in [-0.3, -0.25) is 9.59 Å². The second kappa shape index (κ2) is 6.22. The number of amides is 2. The second-order valence-corrected chi connectivity index (χ2v) is 7.50. The van der Waals surface area contributed by atoms with Crippen molar-refractivity contribution in [3.8, 4) is 0 Å². The molecule has 1 saturated heterocycles. The van der Waals surface area contributed by atoms with Crippen LogP contribution >= 0.6 is 0 Å². The molecule has 2 N–H and O–H groups in total. The molecule has 0 saturated carbocycles. The molecule has 0 unspecified atom stereocenters. The number of carbonyl (C=O) groups is 2. The van der Waals surface area contributed by atoms with Crippen LogP contribution in [0.4, 0.5) is 5.69 Å². The van der Waals surface area contributed by atoms with Gasteiger partial charge in [0.15, 0.2) is 0 Å². The molecule has 2 aromatic rings. The van der Waals surface area contributed by atoms with Crippen LogP contribution in [0.1, 0.15) is 40.0 Å². The first-order valence-electron chi connectivity index (χ1n) is 8.24. The summed E-state index contributed by atoms with van der Waals surface area (Å²) in [7, 11) is 0. The van der Waals surface area contributed by atoms with Crippen molar-refractivity contribution in [1.29, 1.82) is 0 Å². The van der Waals surface area contributed by atoms with E-state index in [9.17, 15) is 9.59 Å². The number of hydrogen-bond donors (Lipinski definition) is 2. The van der Waals surface area contributed by atoms with Crippen LogP contribution < -0.4 is 5.32 Å². The molecule has 1 atom stereocenters. The Morgan fingerprint density at radius 1 is 1.29 bits per heavy atom. The molecule has 2 amide bonds. The highest BCUT2D eigenvalue weighted by Gasteiger charge is 2.35. The lowest BCUT2D eigenvalue weighted by molar-refractivity contribution is -0.138. The van der Waals surface area contributed by atoms with E-state index in [-0.39, 0.29) is 17.2 Å². The standard InChI is InChI=1S/C17H23N5O2/c1-17(2,3)10-15(23)22-8-4-5-14(22)16(24)18-11-6-7-12-13(9-11)20-21-19-12/h6-7,9,14H,4-5,8,10H2,1-3H3,(H,18,24)(H,19,20,21)/t14-/m0/s1. The van der Waals surface area contributed by atoms with Gasteiger partial charge in [0.05, 0.1) is 0 Å². The zero-order chi connectivity index (χ0) is 17.3. The van der Waals surface area contributed by atoms with E-state index in [0.717, 1.165) is 11.9 Å². The number of H-pyrrole nitrogens is 1. The molecule has 3 rings (SSSR count). The topological polar surface area (TPSA) is 91.0 Å². The normalized spacial score (nSPS) is 18.1. The number of rotatable bonds is 3. The van der Waals surface area contributed by atoms with Crippen molar-refractivity contribution in [3.05, 3.63) is 18.2 Å². The molecule has 1 aromatic heterocycles. The number of aromatic nitrogens is 3. The van der Waals surface area contributed by atoms with Crippen LogP contribution in [0, 0.1) is 5.41 Å². The Bertz CT molecular complexity index is 762. The molecule has 7 nitrogen and oxygen atoms in total. The highest BCUT2D eigenvalue weighted by Crippen LogP contribution is 2.25. The van der Waals surface area contributed by atoms with Gasteiger partial charge in [0.25, 0.3) is 0 Å². The fourth-order valence-corrected chi connectivity index (χ4v) is 3.04. The molecule has 2 heterocycles. The average Bonchev–Trinajstić information content (AvgIpc) is 3.14. The third-order valence-corrected chi connectivity index (χ3v) is 4.14. The van der Waals surface area contributed by atoms with E-state index in [2.05, 4.69) is 20.7 Å². The monoisotopic (exact) mass is 329 g/mol. The number of nitrogens with one attached hydrogen (secondary N) is 2. The molecule has 0 spiro atoms. The Morgan fingerprint density at radius 2 is 2.04 bits per heavy atom. The maximum Gasteiger partial charge on any atom is 0.247 e. The van der Waals surface area contributed by atoms with Crippen molar-refractivity contribution in [2.75, 3.05) is 11.9 Å². The molecule has 0 bridgehead atoms. The van der Waals surface area contributed by atoms with Gasteiger partial charge in [-0.15, -0.1) is 0 Å². The maximum absolute atomic E-state index is 12.6. The van der Waals surface area contributed by atoms with Gasteiger partial charge in [-0.1, -0.05) is 20.8 Å². The summed E-state index contributed by atoms with van der Waals surface area (Å²) in [5.74, 6) is -0.0929. The number of aromatic amines is 1. The van der Waals surface area contributed by atoms with Gasteiger partial charge >= 0.3 is 0 Å². The first-order valence-corrected chi connectivity index (χ1v) is 8.24. The predicted molar refractivity (Wildman–Crippen MR) is 91.3 cm³/mol. The average molecular weight is 329 g/mol. The fraction of sp³-hybridized carbons (Fsp3) is 0.529. The van der Waals surface area contributed by atoms with Gasteiger partial charge in [-0.05, 0) is 36.5 Å². The Balaban J connectivity index is 1.70. The molecule has 7 heteroatoms. The smallest absolute Gasteiger partial charge is 0.247 e. The molecule has 24 heavy (non-hydrogen) atoms. The van der Waals surface area contributed by atoms with E-state index >= 15 is 0 Å². The van der Waals surface area contributed by atoms with Gasteiger partial charge in [-0.2, -0.15) is 15.4 Å². The van der Waals surface area contributed by atoms with Crippen molar-refractivity contribution in [2.24, 2.45) is 5.41 Å². The highest BCUT2D eigenvalue weighted by molar-refractivity contribution is 5.98. The van der Waals surface area contributed by atoms with Crippen LogP contribution in [0.3, 0.4) is 0 Å². The van der Waals surface area contributed by atoms with Crippen LogP contribution in [-0.4, -0.2) is 44.7 Å². The van der Waals surface area contributed by atoms with Crippen molar-refractivity contribution in [2.45, 2.75) is 46.1 Å². The Labute approximate surface area is 140 Å². The van der Waals surface area contributed by atoms with E-state index in [0.29, 0.717) is 30.6 Å². The van der Waals surface area contributed by atoms with Gasteiger partial charge in [-0.25, -0.2) is 0 Å². The van der Waals surface area contributed by atoms with Gasteiger partial charge in [0, 0.05) is 18.7 Å². The highest BCUT2D eigenvalue weighted by atomic mass is 16.2. The summed E-state index contributed by atoms with van der Waals surface area (Å²) >= 11 is 0. The van der Waals surface area contributed by atoms with Gasteiger partial charge in [0.1, 0.15) is 17.1 Å². The molecular weight excluding hydrogens is 306 g/mol. The minimum absolute atomic E-state index is 0.0482. The number of anilines is 1. The van der Waals surface area contributed by atoms with Gasteiger partial charge in [0.2, 0.25) is 11.8 Å². The van der Waals surface area contributed by atoms with Crippen molar-refractivity contribution >= 4 is 28.5 Å². The summed E-state index contributed by atoms with van der Waals surface area (Å²) in [5.41, 5.74) is 2.02. The summed E-state index contributed by atoms with van der Waals surface area (Å²) in [5, 5.41) is 13.5. The van der Waals surface area contributed by atoms with E-state index in [1.165, 1.54) is 0 Å². The second-order valence-electron chi connectivity index (χ2n) is 7.50. The summed E-state index contributed by atoms with van der Waals surface area (Å²) in [6, 6.07) is 4.96. The number of hydrogen-bond acceptors (Lipinski definition) is 4. The molecular formula is C17H23N5O2. The SMILES string of the molecule is CC(C)(C)CC(=O)N1CCC[C@H]1C(=O)Nc1ccc2n[nH]nc2c1. The van der Waals surface area contributed by atoms with E-state index in [4.69, 9.17) is 0 Å². The van der Waals surface area contributed by atoms with Crippen molar-refractivity contribution in [1.82, 2.24) is 20.3 Å². The number of benzene rings is 1. The third kappa shape index (κ3) is 3.55. The van der Waals surface area contributed by atoms with Crippen LogP contribution in [0.5, 0.6) is 0 Å². The summed E-state index contributed by atoms with van der Waals surface area (Å²) < 4.78 is 0. The van der Waals surface area contributed by atoms with E-state index in [1.807, 2.05) is 20.8 Å². The lowest BCUT2D eigenvalue weighted by Crippen LogP contribution is -2.44. The Morgan fingerprint density at radius 3 is 2.79 bits per heavy atom. The van der Waals surface area contributed by atoms with E-state index in [1.54, 1.807) is 23.1 Å². The molecule has 0 radical (unpaired) electrons. The first-order chi connectivity index (χ1) is 11.3. The summed E-state index contributed by atoms with van der Waals surface area (Å²) in [6.07, 6.45) is 2.01. The maximum atomic E-state index is 12.6. The Hall–Kier alpha value is -2.44. The van der Waals surface area contributed by atoms with Gasteiger partial charge < -0.3 is 10.2 Å². The zero-order valence-corrected chi connectivity index (χ0v) is 14.3. The largest absolute Gasteiger partial charge is 0.331 e. The van der Waals surface area contributed by atoms with E-state index < -0.39 is 6.04 Å². The van der Waals surface area contributed by atoms with Crippen molar-refractivity contribution < 1.29 is 9.59 Å². The van der Waals surface area contributed by atoms with Crippen LogP contribution in [0.2, 0.25) is 0 Å². The van der Waals surface area contributed by atoms with Crippen LogP contribution in [0.15, 0.2) is 18.2 Å². The lowest BCUT2D eigenvalue weighted by Gasteiger charge is -2.27. The zero-order valence-electron chi connectivity index (χ0n) is 14.3. The minimum Gasteiger partial charge on any atom is -0.331 e. The summed E-state index contributed by atoms with van der Waals surface area (Å²) in [6.45, 7) is 6.74. The Kier molecular flexibility index (Phi) is 4.26. The number of likely N-dealkylation sites (tertiary alicyclic amines) is 1. The molecule has 128 valence electrons. The quantitative estimate of drug-likeness (QED) is 0.904. The fourth-order valence-electron chi connectivity index (χ4n) is 3.04. The molecule has 1 aromatic carbocycles.